The van der Waals surface area contributed by atoms with Crippen molar-refractivity contribution in [1.29, 1.82) is 0 Å². The van der Waals surface area contributed by atoms with E-state index in [1.54, 1.807) is 45.3 Å². The van der Waals surface area contributed by atoms with Gasteiger partial charge in [0.15, 0.2) is 0 Å². The van der Waals surface area contributed by atoms with E-state index in [-0.39, 0.29) is 5.41 Å². The maximum absolute atomic E-state index is 5.27. The lowest BCUT2D eigenvalue weighted by atomic mass is 9.82. The highest BCUT2D eigenvalue weighted by Crippen LogP contribution is 2.53. The van der Waals surface area contributed by atoms with E-state index < -0.39 is 0 Å². The molecule has 0 aliphatic heterocycles. The molecule has 688 valence electrons. The molecule has 12 aromatic heterocycles. The van der Waals surface area contributed by atoms with Crippen molar-refractivity contribution in [3.63, 3.8) is 0 Å². The van der Waals surface area contributed by atoms with Gasteiger partial charge in [0.25, 0.3) is 0 Å². The molecule has 0 N–H and O–H groups in total. The maximum Gasteiger partial charge on any atom is 0.125 e. The van der Waals surface area contributed by atoms with E-state index in [0.29, 0.717) is 0 Å². The molecule has 33 rings (SSSR count). The molecule has 0 amide bonds. The minimum absolute atomic E-state index is 0.0226. The first-order valence-electron chi connectivity index (χ1n) is 49.9. The zero-order chi connectivity index (χ0) is 96.8. The molecule has 20 aromatic carbocycles. The number of thiophene rings is 4. The van der Waals surface area contributed by atoms with Crippen LogP contribution in [0.1, 0.15) is 25.0 Å². The molecule has 12 heterocycles. The normalized spacial score (nSPS) is 12.5. The highest BCUT2D eigenvalue weighted by molar-refractivity contribution is 7.27. The standard InChI is InChI=1S/C39H23N3S.C36H25NS.C33H20N2S.C27H16N2S/c1-2-10-25(11-3-1)41-33-15-7-4-12-28(33)30-20-21-31-29-13-5-8-16-34(29)42(38(31)37(30)41)26-18-19-27-24(22-26)23-40-39-36(27)32-14-6-9-17-35(32)43-39;1-36(2)30-16-7-5-12-25(30)29-21-23(18-19-31(29)36)22-10-9-11-24(20-22)34-27-14-4-3-13-26(27)33-28-15-6-8-17-32(28)38-35(33)37-34;1-2-9-23(10-3-1)35-29-15-6-4-11-26(29)27-14-8-13-25(32(27)35)21-17-18-24-22(19-21)20-34-33-31(24)28-12-5-7-16-30(28)36-33;1-4-10-23-20(7-1)21-8-2-5-11-24(21)29(23)18-13-14-19-17(15-18)16-28-27-26(19)22-9-3-6-12-25(22)30-27/h1-23H;3-21H,1-2H3;1-20H;1-16H. The molecule has 0 radical (unpaired) electrons. The molecular weight excluding hydrogens is 1860 g/mol. The SMILES string of the molecule is CC1(C)c2ccccc2-c2cc(-c3cccc(-c4nc5sc6ccccc6c5c5ccccc45)c3)ccc21.c1ccc(-n2c3ccccc3c3ccc4c5ccccc5n(-c5ccc6c(cnc7sc8ccccc8c76)c5)c4c32)cc1.c1ccc(-n2c3ccccc3c3cccc(-c4ccc5c(cnc6sc7ccccc7c65)c4)c32)cc1.c1ccc2c(c1)sc1ncc3cc(-n4c5ccccc5c5ccccc54)ccc3c12. The molecular formula is C135H84N8S4. The van der Waals surface area contributed by atoms with Gasteiger partial charge in [0, 0.05) is 184 Å². The highest BCUT2D eigenvalue weighted by atomic mass is 32.1. The van der Waals surface area contributed by atoms with Gasteiger partial charge in [-0.05, 0) is 182 Å². The van der Waals surface area contributed by atoms with E-state index in [2.05, 4.69) is 487 Å². The van der Waals surface area contributed by atoms with E-state index in [1.807, 2.05) is 18.6 Å². The van der Waals surface area contributed by atoms with Crippen LogP contribution in [0.25, 0.3) is 279 Å². The first kappa shape index (κ1) is 84.8. The molecule has 147 heavy (non-hydrogen) atoms. The Morgan fingerprint density at radius 1 is 0.197 bits per heavy atom. The minimum Gasteiger partial charge on any atom is -0.309 e. The van der Waals surface area contributed by atoms with Gasteiger partial charge in [-0.3, -0.25) is 0 Å². The summed E-state index contributed by atoms with van der Waals surface area (Å²) in [5.74, 6) is 0. The summed E-state index contributed by atoms with van der Waals surface area (Å²) >= 11 is 7.08. The third-order valence-electron chi connectivity index (χ3n) is 30.5. The van der Waals surface area contributed by atoms with Crippen LogP contribution in [0.4, 0.5) is 0 Å². The molecule has 0 fully saturated rings. The fourth-order valence-electron chi connectivity index (χ4n) is 24.0. The van der Waals surface area contributed by atoms with E-state index in [1.165, 1.54) is 243 Å². The Balaban J connectivity index is 0.0000000913. The summed E-state index contributed by atoms with van der Waals surface area (Å²) < 4.78 is 14.8. The van der Waals surface area contributed by atoms with Gasteiger partial charge in [-0.15, -0.1) is 45.3 Å². The third kappa shape index (κ3) is 13.3. The molecule has 0 atom stereocenters. The van der Waals surface area contributed by atoms with Crippen molar-refractivity contribution in [2.24, 2.45) is 0 Å². The highest BCUT2D eigenvalue weighted by Gasteiger charge is 2.36. The third-order valence-corrected chi connectivity index (χ3v) is 34.8. The summed E-state index contributed by atoms with van der Waals surface area (Å²) in [5, 5.41) is 30.0. The number of hydrogen-bond acceptors (Lipinski definition) is 8. The minimum atomic E-state index is 0.0226. The lowest BCUT2D eigenvalue weighted by molar-refractivity contribution is 0.660. The van der Waals surface area contributed by atoms with Gasteiger partial charge in [0.1, 0.15) is 19.3 Å². The van der Waals surface area contributed by atoms with Gasteiger partial charge in [0.05, 0.1) is 49.8 Å². The molecule has 8 nitrogen and oxygen atoms in total. The Morgan fingerprint density at radius 2 is 0.531 bits per heavy atom. The summed E-state index contributed by atoms with van der Waals surface area (Å²) in [5.41, 5.74) is 27.0. The summed E-state index contributed by atoms with van der Waals surface area (Å²) in [4.78, 5) is 24.3. The van der Waals surface area contributed by atoms with Crippen LogP contribution in [0, 0.1) is 0 Å². The van der Waals surface area contributed by atoms with Crippen LogP contribution in [0.2, 0.25) is 0 Å². The predicted molar refractivity (Wildman–Crippen MR) is 630 cm³/mol. The van der Waals surface area contributed by atoms with Crippen molar-refractivity contribution in [2.45, 2.75) is 19.3 Å². The van der Waals surface area contributed by atoms with E-state index >= 15 is 0 Å². The zero-order valence-corrected chi connectivity index (χ0v) is 83.0. The summed E-state index contributed by atoms with van der Waals surface area (Å²) in [6, 6.07) is 165. The largest absolute Gasteiger partial charge is 0.309 e. The van der Waals surface area contributed by atoms with Crippen molar-refractivity contribution in [3.8, 4) is 67.4 Å². The Kier molecular flexibility index (Phi) is 19.4. The Labute approximate surface area is 859 Å². The number of hydrogen-bond donors (Lipinski definition) is 0. The summed E-state index contributed by atoms with van der Waals surface area (Å²) in [7, 11) is 0. The van der Waals surface area contributed by atoms with Crippen LogP contribution in [0.5, 0.6) is 0 Å². The van der Waals surface area contributed by atoms with Crippen LogP contribution < -0.4 is 0 Å². The van der Waals surface area contributed by atoms with E-state index in [4.69, 9.17) is 19.9 Å². The maximum atomic E-state index is 5.27. The molecule has 0 unspecified atom stereocenters. The van der Waals surface area contributed by atoms with Crippen molar-refractivity contribution in [2.75, 3.05) is 0 Å². The molecule has 0 spiro atoms. The van der Waals surface area contributed by atoms with Gasteiger partial charge in [-0.1, -0.05) is 347 Å². The fourth-order valence-corrected chi connectivity index (χ4v) is 28.2. The number of nitrogens with zero attached hydrogens (tertiary/aromatic N) is 8. The Morgan fingerprint density at radius 3 is 1.04 bits per heavy atom. The molecule has 0 saturated carbocycles. The first-order chi connectivity index (χ1) is 72.7. The Hall–Kier alpha value is -17.9. The Bertz CT molecular complexity index is 11100. The average Bonchev–Trinajstić information content (AvgIpc) is 1.54. The van der Waals surface area contributed by atoms with Gasteiger partial charge >= 0.3 is 0 Å². The van der Waals surface area contributed by atoms with Gasteiger partial charge in [0.2, 0.25) is 0 Å². The smallest absolute Gasteiger partial charge is 0.125 e. The monoisotopic (exact) mass is 1940 g/mol. The molecule has 12 heteroatoms. The number of rotatable bonds is 7. The van der Waals surface area contributed by atoms with E-state index in [0.717, 1.165) is 47.3 Å². The summed E-state index contributed by atoms with van der Waals surface area (Å²) in [6.07, 6.45) is 6.09. The second kappa shape index (κ2) is 33.6. The molecule has 32 aromatic rings. The van der Waals surface area contributed by atoms with E-state index in [9.17, 15) is 0 Å². The van der Waals surface area contributed by atoms with Crippen molar-refractivity contribution in [1.82, 2.24) is 38.2 Å². The van der Waals surface area contributed by atoms with Crippen LogP contribution in [0.3, 0.4) is 0 Å². The van der Waals surface area contributed by atoms with Gasteiger partial charge in [-0.2, -0.15) is 0 Å². The van der Waals surface area contributed by atoms with Crippen LogP contribution in [0.15, 0.2) is 474 Å². The number of benzene rings is 20. The number of para-hydroxylation sites is 8. The number of aromatic nitrogens is 8. The average molecular weight is 1950 g/mol. The van der Waals surface area contributed by atoms with Crippen molar-refractivity contribution < 1.29 is 0 Å². The van der Waals surface area contributed by atoms with Crippen molar-refractivity contribution in [3.05, 3.63) is 485 Å². The van der Waals surface area contributed by atoms with Crippen LogP contribution >= 0.6 is 45.3 Å². The lowest BCUT2D eigenvalue weighted by Crippen LogP contribution is -2.14. The molecule has 0 bridgehead atoms. The molecule has 1 aliphatic rings. The fraction of sp³-hybridized carbons (Fsp3) is 0.0222. The predicted octanol–water partition coefficient (Wildman–Crippen LogP) is 38.1. The number of pyridine rings is 4. The number of fused-ring (bicyclic) bond motifs is 36. The van der Waals surface area contributed by atoms with Crippen molar-refractivity contribution >= 4 is 257 Å². The first-order valence-corrected chi connectivity index (χ1v) is 53.2. The molecule has 1 aliphatic carbocycles. The van der Waals surface area contributed by atoms with Crippen LogP contribution in [-0.4, -0.2) is 38.2 Å². The van der Waals surface area contributed by atoms with Gasteiger partial charge < -0.3 is 18.3 Å². The van der Waals surface area contributed by atoms with Crippen LogP contribution in [-0.2, 0) is 5.41 Å². The second-order valence-electron chi connectivity index (χ2n) is 38.9. The topological polar surface area (TPSA) is 71.3 Å². The lowest BCUT2D eigenvalue weighted by Gasteiger charge is -2.21. The molecule has 0 saturated heterocycles. The summed E-state index contributed by atoms with van der Waals surface area (Å²) in [6.45, 7) is 4.66. The zero-order valence-electron chi connectivity index (χ0n) is 79.7. The quantitative estimate of drug-likeness (QED) is 0.159. The second-order valence-corrected chi connectivity index (χ2v) is 43.0. The van der Waals surface area contributed by atoms with Gasteiger partial charge in [-0.25, -0.2) is 19.9 Å².